The topological polar surface area (TPSA) is 63.4 Å². The summed E-state index contributed by atoms with van der Waals surface area (Å²) in [5, 5.41) is 13.6. The van der Waals surface area contributed by atoms with Crippen LogP contribution in [0.15, 0.2) is 84.9 Å². The van der Waals surface area contributed by atoms with Crippen molar-refractivity contribution in [3.05, 3.63) is 90.6 Å². The molecule has 35 heavy (non-hydrogen) atoms. The zero-order valence-corrected chi connectivity index (χ0v) is 19.7. The van der Waals surface area contributed by atoms with E-state index < -0.39 is 0 Å². The molecule has 0 radical (unpaired) electrons. The Labute approximate surface area is 202 Å². The summed E-state index contributed by atoms with van der Waals surface area (Å²) in [5.74, 6) is 2.05. The summed E-state index contributed by atoms with van der Waals surface area (Å²) in [5.41, 5.74) is 4.46. The molecule has 0 saturated carbocycles. The van der Waals surface area contributed by atoms with Crippen molar-refractivity contribution in [2.24, 2.45) is 0 Å². The highest BCUT2D eigenvalue weighted by Gasteiger charge is 2.16. The van der Waals surface area contributed by atoms with Gasteiger partial charge in [0.25, 0.3) is 0 Å². The van der Waals surface area contributed by atoms with Crippen molar-refractivity contribution < 1.29 is 9.84 Å². The standard InChI is InChI=1S/C29H24N4O2/c1-18-8-6-13-27(30-18)33-23-11-5-4-9-20(23)21-15-14-19(16-25(21)33)35-28-17-24(32(2)3)22-10-7-12-26(34)29(22)31-28/h4-17,34H,1-3H3. The van der Waals surface area contributed by atoms with E-state index in [-0.39, 0.29) is 5.75 Å². The van der Waals surface area contributed by atoms with Gasteiger partial charge in [-0.25, -0.2) is 9.97 Å². The minimum Gasteiger partial charge on any atom is -0.506 e. The zero-order chi connectivity index (χ0) is 24.1. The molecular formula is C29H24N4O2. The average Bonchev–Trinajstić information content (AvgIpc) is 3.18. The maximum Gasteiger partial charge on any atom is 0.222 e. The van der Waals surface area contributed by atoms with Crippen molar-refractivity contribution in [3.8, 4) is 23.2 Å². The molecule has 6 rings (SSSR count). The highest BCUT2D eigenvalue weighted by Crippen LogP contribution is 2.37. The maximum atomic E-state index is 10.4. The monoisotopic (exact) mass is 460 g/mol. The molecule has 0 atom stereocenters. The number of aryl methyl sites for hydroxylation is 1. The van der Waals surface area contributed by atoms with Gasteiger partial charge in [0.1, 0.15) is 22.8 Å². The van der Waals surface area contributed by atoms with E-state index in [0.29, 0.717) is 17.1 Å². The van der Waals surface area contributed by atoms with E-state index in [4.69, 9.17) is 9.72 Å². The molecule has 0 fully saturated rings. The molecule has 1 N–H and O–H groups in total. The number of nitrogens with zero attached hydrogens (tertiary/aromatic N) is 4. The van der Waals surface area contributed by atoms with Crippen LogP contribution in [0.3, 0.4) is 0 Å². The molecule has 0 unspecified atom stereocenters. The summed E-state index contributed by atoms with van der Waals surface area (Å²) >= 11 is 0. The summed E-state index contributed by atoms with van der Waals surface area (Å²) in [4.78, 5) is 11.4. The number of anilines is 1. The van der Waals surface area contributed by atoms with E-state index in [1.54, 1.807) is 6.07 Å². The first-order chi connectivity index (χ1) is 17.0. The molecule has 0 bridgehead atoms. The van der Waals surface area contributed by atoms with E-state index in [9.17, 15) is 5.11 Å². The Hall–Kier alpha value is -4.58. The number of ether oxygens (including phenoxy) is 1. The Morgan fingerprint density at radius 3 is 2.37 bits per heavy atom. The first kappa shape index (κ1) is 21.0. The molecule has 3 aromatic heterocycles. The molecule has 3 heterocycles. The summed E-state index contributed by atoms with van der Waals surface area (Å²) < 4.78 is 8.43. The molecule has 0 aliphatic rings. The normalized spacial score (nSPS) is 11.4. The van der Waals surface area contributed by atoms with E-state index in [2.05, 4.69) is 33.8 Å². The van der Waals surface area contributed by atoms with Crippen molar-refractivity contribution in [2.45, 2.75) is 6.92 Å². The van der Waals surface area contributed by atoms with Crippen LogP contribution in [0, 0.1) is 6.92 Å². The van der Waals surface area contributed by atoms with Crippen LogP contribution in [0.5, 0.6) is 17.4 Å². The molecule has 0 aliphatic carbocycles. The number of fused-ring (bicyclic) bond motifs is 4. The molecule has 6 aromatic rings. The fourth-order valence-corrected chi connectivity index (χ4v) is 4.65. The molecule has 3 aromatic carbocycles. The zero-order valence-electron chi connectivity index (χ0n) is 19.7. The second-order valence-corrected chi connectivity index (χ2v) is 8.82. The number of phenolic OH excluding ortho intramolecular Hbond substituents is 1. The lowest BCUT2D eigenvalue weighted by Gasteiger charge is -2.17. The Morgan fingerprint density at radius 2 is 1.54 bits per heavy atom. The number of pyridine rings is 2. The lowest BCUT2D eigenvalue weighted by Crippen LogP contribution is -2.09. The van der Waals surface area contributed by atoms with Gasteiger partial charge in [0, 0.05) is 48.1 Å². The molecule has 0 amide bonds. The van der Waals surface area contributed by atoms with Crippen molar-refractivity contribution in [1.82, 2.24) is 14.5 Å². The predicted molar refractivity (Wildman–Crippen MR) is 141 cm³/mol. The molecule has 6 nitrogen and oxygen atoms in total. The van der Waals surface area contributed by atoms with Gasteiger partial charge in [0.15, 0.2) is 0 Å². The number of phenols is 1. The lowest BCUT2D eigenvalue weighted by atomic mass is 10.1. The second-order valence-electron chi connectivity index (χ2n) is 8.82. The Morgan fingerprint density at radius 1 is 0.771 bits per heavy atom. The highest BCUT2D eigenvalue weighted by molar-refractivity contribution is 6.09. The van der Waals surface area contributed by atoms with E-state index in [1.807, 2.05) is 80.5 Å². The quantitative estimate of drug-likeness (QED) is 0.321. The number of hydrogen-bond acceptors (Lipinski definition) is 5. The number of aromatic hydroxyl groups is 1. The van der Waals surface area contributed by atoms with E-state index >= 15 is 0 Å². The third kappa shape index (κ3) is 3.51. The summed E-state index contributed by atoms with van der Waals surface area (Å²) in [6, 6.07) is 27.7. The maximum absolute atomic E-state index is 10.4. The average molecular weight is 461 g/mol. The van der Waals surface area contributed by atoms with Crippen molar-refractivity contribution in [1.29, 1.82) is 0 Å². The SMILES string of the molecule is Cc1cccc(-n2c3ccccc3c3ccc(Oc4cc(N(C)C)c5cccc(O)c5n4)cc32)n1. The van der Waals surface area contributed by atoms with E-state index in [1.165, 1.54) is 0 Å². The molecular weight excluding hydrogens is 436 g/mol. The van der Waals surface area contributed by atoms with Crippen LogP contribution in [0.1, 0.15) is 5.69 Å². The van der Waals surface area contributed by atoms with Crippen molar-refractivity contribution in [3.63, 3.8) is 0 Å². The Balaban J connectivity index is 1.53. The number of aromatic nitrogens is 3. The van der Waals surface area contributed by atoms with Gasteiger partial charge >= 0.3 is 0 Å². The van der Waals surface area contributed by atoms with Crippen LogP contribution in [0.4, 0.5) is 5.69 Å². The van der Waals surface area contributed by atoms with Crippen LogP contribution < -0.4 is 9.64 Å². The van der Waals surface area contributed by atoms with Gasteiger partial charge in [0.2, 0.25) is 5.88 Å². The molecule has 6 heteroatoms. The predicted octanol–water partition coefficient (Wildman–Crippen LogP) is 6.60. The van der Waals surface area contributed by atoms with E-state index in [0.717, 1.165) is 44.4 Å². The largest absolute Gasteiger partial charge is 0.506 e. The minimum absolute atomic E-state index is 0.122. The summed E-state index contributed by atoms with van der Waals surface area (Å²) in [6.07, 6.45) is 0. The fraction of sp³-hybridized carbons (Fsp3) is 0.103. The molecule has 0 saturated heterocycles. The van der Waals surface area contributed by atoms with Gasteiger partial charge in [-0.2, -0.15) is 0 Å². The van der Waals surface area contributed by atoms with Crippen LogP contribution in [-0.2, 0) is 0 Å². The van der Waals surface area contributed by atoms with Gasteiger partial charge in [-0.15, -0.1) is 0 Å². The van der Waals surface area contributed by atoms with Gasteiger partial charge in [0.05, 0.1) is 16.7 Å². The number of para-hydroxylation sites is 2. The highest BCUT2D eigenvalue weighted by atomic mass is 16.5. The Bertz CT molecular complexity index is 1740. The fourth-order valence-electron chi connectivity index (χ4n) is 4.65. The van der Waals surface area contributed by atoms with Crippen LogP contribution in [0.2, 0.25) is 0 Å². The van der Waals surface area contributed by atoms with Gasteiger partial charge < -0.3 is 14.7 Å². The van der Waals surface area contributed by atoms with Gasteiger partial charge in [-0.3, -0.25) is 4.57 Å². The first-order valence-corrected chi connectivity index (χ1v) is 11.4. The van der Waals surface area contributed by atoms with Crippen molar-refractivity contribution >= 4 is 38.4 Å². The third-order valence-corrected chi connectivity index (χ3v) is 6.23. The molecule has 0 aliphatic heterocycles. The number of rotatable bonds is 4. The Kier molecular flexibility index (Phi) is 4.81. The summed E-state index contributed by atoms with van der Waals surface area (Å²) in [6.45, 7) is 2.00. The van der Waals surface area contributed by atoms with Crippen molar-refractivity contribution in [2.75, 3.05) is 19.0 Å². The second kappa shape index (κ2) is 8.02. The first-order valence-electron chi connectivity index (χ1n) is 11.4. The number of hydrogen-bond donors (Lipinski definition) is 1. The smallest absolute Gasteiger partial charge is 0.222 e. The third-order valence-electron chi connectivity index (χ3n) is 6.23. The van der Waals surface area contributed by atoms with Gasteiger partial charge in [-0.05, 0) is 43.3 Å². The molecule has 172 valence electrons. The van der Waals surface area contributed by atoms with Crippen LogP contribution in [0.25, 0.3) is 38.5 Å². The number of benzene rings is 3. The lowest BCUT2D eigenvalue weighted by molar-refractivity contribution is 0.460. The molecule has 0 spiro atoms. The minimum atomic E-state index is 0.122. The van der Waals surface area contributed by atoms with Crippen LogP contribution >= 0.6 is 0 Å². The van der Waals surface area contributed by atoms with Gasteiger partial charge in [-0.1, -0.05) is 36.4 Å². The summed E-state index contributed by atoms with van der Waals surface area (Å²) in [7, 11) is 3.92. The van der Waals surface area contributed by atoms with Crippen LogP contribution in [-0.4, -0.2) is 33.7 Å².